The topological polar surface area (TPSA) is 95.9 Å². The summed E-state index contributed by atoms with van der Waals surface area (Å²) < 4.78 is 5.40. The summed E-state index contributed by atoms with van der Waals surface area (Å²) in [6.45, 7) is 0.651. The molecule has 148 valence electrons. The number of carboxylic acids is 1. The highest BCUT2D eigenvalue weighted by Crippen LogP contribution is 2.34. The third-order valence-corrected chi connectivity index (χ3v) is 5.66. The van der Waals surface area contributed by atoms with Crippen LogP contribution in [0.4, 0.5) is 11.4 Å². The first-order chi connectivity index (χ1) is 13.5. The van der Waals surface area contributed by atoms with Gasteiger partial charge in [0, 0.05) is 41.9 Å². The summed E-state index contributed by atoms with van der Waals surface area (Å²) in [5.74, 6) is -1.02. The number of rotatable bonds is 8. The van der Waals surface area contributed by atoms with E-state index in [1.165, 1.54) is 18.4 Å². The molecule has 0 unspecified atom stereocenters. The van der Waals surface area contributed by atoms with Crippen molar-refractivity contribution in [2.45, 2.75) is 31.6 Å². The summed E-state index contributed by atoms with van der Waals surface area (Å²) >= 11 is 1.44. The number of hydrogen-bond donors (Lipinski definition) is 2. The van der Waals surface area contributed by atoms with Crippen LogP contribution in [0, 0.1) is 0 Å². The first kappa shape index (κ1) is 19.9. The lowest BCUT2D eigenvalue weighted by atomic mass is 9.99. The zero-order valence-corrected chi connectivity index (χ0v) is 16.3. The fourth-order valence-electron chi connectivity index (χ4n) is 3.32. The van der Waals surface area contributed by atoms with Crippen LogP contribution in [0.15, 0.2) is 35.7 Å². The van der Waals surface area contributed by atoms with Gasteiger partial charge in [-0.3, -0.25) is 14.4 Å². The Balaban J connectivity index is 1.71. The second-order valence-corrected chi connectivity index (χ2v) is 7.58. The molecule has 1 fully saturated rings. The van der Waals surface area contributed by atoms with Gasteiger partial charge in [-0.1, -0.05) is 6.07 Å². The van der Waals surface area contributed by atoms with E-state index in [0.717, 1.165) is 11.3 Å². The van der Waals surface area contributed by atoms with Gasteiger partial charge < -0.3 is 20.1 Å². The van der Waals surface area contributed by atoms with Crippen molar-refractivity contribution < 1.29 is 24.2 Å². The quantitative estimate of drug-likeness (QED) is 0.705. The first-order valence-electron chi connectivity index (χ1n) is 9.01. The minimum Gasteiger partial charge on any atom is -0.494 e. The van der Waals surface area contributed by atoms with Gasteiger partial charge in [0.05, 0.1) is 19.2 Å². The molecule has 0 spiro atoms. The number of methoxy groups -OCH3 is 1. The van der Waals surface area contributed by atoms with E-state index in [9.17, 15) is 14.4 Å². The summed E-state index contributed by atoms with van der Waals surface area (Å²) in [4.78, 5) is 38.2. The molecule has 1 aromatic heterocycles. The van der Waals surface area contributed by atoms with Crippen LogP contribution in [0.1, 0.15) is 36.5 Å². The molecular weight excluding hydrogens is 380 g/mol. The molecule has 8 heteroatoms. The van der Waals surface area contributed by atoms with Gasteiger partial charge in [0.1, 0.15) is 5.75 Å². The first-order valence-corrected chi connectivity index (χ1v) is 9.89. The van der Waals surface area contributed by atoms with Crippen LogP contribution in [0.2, 0.25) is 0 Å². The number of carbonyl (C=O) groups is 3. The highest BCUT2D eigenvalue weighted by atomic mass is 32.1. The Labute approximate surface area is 166 Å². The molecule has 7 nitrogen and oxygen atoms in total. The van der Waals surface area contributed by atoms with E-state index < -0.39 is 5.97 Å². The average molecular weight is 402 g/mol. The van der Waals surface area contributed by atoms with Gasteiger partial charge in [-0.25, -0.2) is 0 Å². The summed E-state index contributed by atoms with van der Waals surface area (Å²) in [5, 5.41) is 13.8. The van der Waals surface area contributed by atoms with E-state index in [1.54, 1.807) is 23.1 Å². The Morgan fingerprint density at radius 3 is 2.75 bits per heavy atom. The number of anilines is 2. The molecule has 0 aliphatic carbocycles. The van der Waals surface area contributed by atoms with E-state index in [2.05, 4.69) is 5.32 Å². The van der Waals surface area contributed by atoms with Crippen molar-refractivity contribution in [1.82, 2.24) is 0 Å². The van der Waals surface area contributed by atoms with Crippen molar-refractivity contribution >= 4 is 40.5 Å². The molecular formula is C20H22N2O5S. The molecule has 1 atom stereocenters. The van der Waals surface area contributed by atoms with Gasteiger partial charge in [-0.05, 0) is 30.0 Å². The van der Waals surface area contributed by atoms with Gasteiger partial charge in [0.25, 0.3) is 0 Å². The van der Waals surface area contributed by atoms with Crippen molar-refractivity contribution in [3.8, 4) is 5.75 Å². The largest absolute Gasteiger partial charge is 0.494 e. The number of aliphatic carboxylic acids is 1. The van der Waals surface area contributed by atoms with Gasteiger partial charge >= 0.3 is 5.97 Å². The van der Waals surface area contributed by atoms with Gasteiger partial charge in [0.2, 0.25) is 11.8 Å². The maximum Gasteiger partial charge on any atom is 0.304 e. The molecule has 2 heterocycles. The maximum absolute atomic E-state index is 12.5. The second-order valence-electron chi connectivity index (χ2n) is 6.60. The van der Waals surface area contributed by atoms with Crippen molar-refractivity contribution in [3.63, 3.8) is 0 Å². The van der Waals surface area contributed by atoms with Crippen LogP contribution >= 0.6 is 11.3 Å². The summed E-state index contributed by atoms with van der Waals surface area (Å²) in [5.41, 5.74) is 1.22. The highest BCUT2D eigenvalue weighted by Gasteiger charge is 2.25. The number of nitrogens with one attached hydrogen (secondary N) is 1. The van der Waals surface area contributed by atoms with Crippen molar-refractivity contribution in [2.75, 3.05) is 23.9 Å². The van der Waals surface area contributed by atoms with E-state index in [1.807, 2.05) is 17.5 Å². The number of hydrogen-bond acceptors (Lipinski definition) is 5. The van der Waals surface area contributed by atoms with Crippen molar-refractivity contribution in [2.24, 2.45) is 0 Å². The molecule has 0 saturated carbocycles. The summed E-state index contributed by atoms with van der Waals surface area (Å²) in [6.07, 6.45) is 1.30. The van der Waals surface area contributed by atoms with Crippen LogP contribution in [-0.2, 0) is 14.4 Å². The Bertz CT molecular complexity index is 865. The summed E-state index contributed by atoms with van der Waals surface area (Å²) in [7, 11) is 1.52. The Morgan fingerprint density at radius 2 is 2.14 bits per heavy atom. The molecule has 1 aliphatic heterocycles. The number of amides is 2. The van der Waals surface area contributed by atoms with Crippen LogP contribution in [0.3, 0.4) is 0 Å². The zero-order valence-electron chi connectivity index (χ0n) is 15.5. The van der Waals surface area contributed by atoms with Gasteiger partial charge in [-0.2, -0.15) is 0 Å². The lowest BCUT2D eigenvalue weighted by Crippen LogP contribution is -2.24. The van der Waals surface area contributed by atoms with Crippen LogP contribution < -0.4 is 15.0 Å². The molecule has 0 radical (unpaired) electrons. The minimum atomic E-state index is -0.937. The molecule has 28 heavy (non-hydrogen) atoms. The average Bonchev–Trinajstić information content (AvgIpc) is 3.32. The third kappa shape index (κ3) is 4.69. The molecule has 1 saturated heterocycles. The van der Waals surface area contributed by atoms with Crippen molar-refractivity contribution in [1.29, 1.82) is 0 Å². The number of carboxylic acid groups (broad SMARTS) is 1. The minimum absolute atomic E-state index is 0.0579. The standard InChI is InChI=1S/C20H22N2O5S/c1-27-16-12-14(6-7-15(16)22-8-2-5-19(22)24)21-18(23)10-13(11-20(25)26)17-4-3-9-28-17/h3-4,6-7,9,12-13H,2,5,8,10-11H2,1H3,(H,21,23)(H,25,26)/t13-/m1/s1. The third-order valence-electron chi connectivity index (χ3n) is 4.63. The number of ether oxygens (including phenoxy) is 1. The van der Waals surface area contributed by atoms with Crippen LogP contribution in [0.25, 0.3) is 0 Å². The predicted octanol–water partition coefficient (Wildman–Crippen LogP) is 3.47. The maximum atomic E-state index is 12.5. The molecule has 0 bridgehead atoms. The molecule has 3 rings (SSSR count). The molecule has 1 aliphatic rings. The number of nitrogens with zero attached hydrogens (tertiary/aromatic N) is 1. The highest BCUT2D eigenvalue weighted by molar-refractivity contribution is 7.10. The zero-order chi connectivity index (χ0) is 20.1. The molecule has 2 N–H and O–H groups in total. The van der Waals surface area contributed by atoms with Gasteiger partial charge in [-0.15, -0.1) is 11.3 Å². The van der Waals surface area contributed by atoms with Crippen LogP contribution in [0.5, 0.6) is 5.75 Å². The van der Waals surface area contributed by atoms with Crippen molar-refractivity contribution in [3.05, 3.63) is 40.6 Å². The molecule has 1 aromatic carbocycles. The van der Waals surface area contributed by atoms with E-state index in [-0.39, 0.29) is 30.6 Å². The predicted molar refractivity (Wildman–Crippen MR) is 107 cm³/mol. The monoisotopic (exact) mass is 402 g/mol. The number of benzene rings is 1. The van der Waals surface area contributed by atoms with E-state index in [0.29, 0.717) is 30.1 Å². The molecule has 2 amide bonds. The lowest BCUT2D eigenvalue weighted by molar-refractivity contribution is -0.137. The molecule has 2 aromatic rings. The fraction of sp³-hybridized carbons (Fsp3) is 0.350. The second kappa shape index (κ2) is 8.88. The van der Waals surface area contributed by atoms with Gasteiger partial charge in [0.15, 0.2) is 0 Å². The Kier molecular flexibility index (Phi) is 6.30. The summed E-state index contributed by atoms with van der Waals surface area (Å²) in [6, 6.07) is 8.84. The van der Waals surface area contributed by atoms with E-state index in [4.69, 9.17) is 9.84 Å². The fourth-order valence-corrected chi connectivity index (χ4v) is 4.16. The Hall–Kier alpha value is -2.87. The Morgan fingerprint density at radius 1 is 1.32 bits per heavy atom. The smallest absolute Gasteiger partial charge is 0.304 e. The normalized spacial score (nSPS) is 14.8. The number of thiophene rings is 1. The lowest BCUT2D eigenvalue weighted by Gasteiger charge is -2.20. The van der Waals surface area contributed by atoms with E-state index >= 15 is 0 Å². The van der Waals surface area contributed by atoms with Crippen LogP contribution in [-0.4, -0.2) is 36.5 Å². The SMILES string of the molecule is COc1cc(NC(=O)C[C@H](CC(=O)O)c2cccs2)ccc1N1CCCC1=O. The number of carbonyl (C=O) groups excluding carboxylic acids is 2.